The standard InChI is InChI=1S/C26H26N6O3/c1-34-25(33)17-4-7-19(8-5-17)27-23-15-21(28-26(29-23)32-10-12-35-13-11-32)18-6-9-20-22(14-18)30-31-24(20)16-2-3-16/h4-9,14-16,24H,2-3,10-13H2,1H3,(H,27,28,29). The van der Waals surface area contributed by atoms with Gasteiger partial charge in [-0.15, -0.1) is 0 Å². The normalized spacial score (nSPS) is 18.9. The number of methoxy groups -OCH3 is 1. The summed E-state index contributed by atoms with van der Waals surface area (Å²) < 4.78 is 10.3. The van der Waals surface area contributed by atoms with Crippen molar-refractivity contribution in [2.45, 2.75) is 18.9 Å². The molecule has 2 aliphatic heterocycles. The van der Waals surface area contributed by atoms with Crippen molar-refractivity contribution in [2.24, 2.45) is 16.1 Å². The predicted octanol–water partition coefficient (Wildman–Crippen LogP) is 5.06. The first kappa shape index (κ1) is 21.7. The molecule has 1 atom stereocenters. The number of benzene rings is 2. The predicted molar refractivity (Wildman–Crippen MR) is 132 cm³/mol. The molecule has 1 N–H and O–H groups in total. The molecule has 1 aromatic heterocycles. The lowest BCUT2D eigenvalue weighted by Gasteiger charge is -2.27. The second-order valence-corrected chi connectivity index (χ2v) is 9.00. The van der Waals surface area contributed by atoms with Gasteiger partial charge in [-0.3, -0.25) is 0 Å². The summed E-state index contributed by atoms with van der Waals surface area (Å²) in [6.45, 7) is 2.76. The van der Waals surface area contributed by atoms with Gasteiger partial charge >= 0.3 is 5.97 Å². The highest BCUT2D eigenvalue weighted by Crippen LogP contribution is 2.50. The maximum atomic E-state index is 11.8. The number of morpholine rings is 1. The Balaban J connectivity index is 1.33. The van der Waals surface area contributed by atoms with Crippen molar-refractivity contribution in [3.63, 3.8) is 0 Å². The molecule has 2 fully saturated rings. The molecular formula is C26H26N6O3. The second kappa shape index (κ2) is 9.07. The second-order valence-electron chi connectivity index (χ2n) is 9.00. The van der Waals surface area contributed by atoms with Gasteiger partial charge in [-0.25, -0.2) is 9.78 Å². The van der Waals surface area contributed by atoms with Crippen LogP contribution in [0.2, 0.25) is 0 Å². The molecule has 3 aliphatic rings. The fraction of sp³-hybridized carbons (Fsp3) is 0.346. The Bertz CT molecular complexity index is 1280. The summed E-state index contributed by atoms with van der Waals surface area (Å²) >= 11 is 0. The molecule has 0 spiro atoms. The van der Waals surface area contributed by atoms with Gasteiger partial charge in [0.1, 0.15) is 11.9 Å². The summed E-state index contributed by atoms with van der Waals surface area (Å²) in [6.07, 6.45) is 2.46. The van der Waals surface area contributed by atoms with Crippen LogP contribution in [0.25, 0.3) is 11.3 Å². The number of nitrogens with one attached hydrogen (secondary N) is 1. The van der Waals surface area contributed by atoms with Gasteiger partial charge in [0.2, 0.25) is 5.95 Å². The van der Waals surface area contributed by atoms with Gasteiger partial charge in [0, 0.05) is 36.0 Å². The van der Waals surface area contributed by atoms with Crippen molar-refractivity contribution in [1.29, 1.82) is 0 Å². The van der Waals surface area contributed by atoms with Crippen molar-refractivity contribution in [3.05, 3.63) is 59.7 Å². The fourth-order valence-corrected chi connectivity index (χ4v) is 4.49. The van der Waals surface area contributed by atoms with Crippen molar-refractivity contribution < 1.29 is 14.3 Å². The molecule has 2 aromatic carbocycles. The van der Waals surface area contributed by atoms with E-state index in [2.05, 4.69) is 38.6 Å². The summed E-state index contributed by atoms with van der Waals surface area (Å²) in [7, 11) is 1.37. The van der Waals surface area contributed by atoms with Crippen LogP contribution in [0.5, 0.6) is 0 Å². The summed E-state index contributed by atoms with van der Waals surface area (Å²) in [5, 5.41) is 12.3. The zero-order valence-electron chi connectivity index (χ0n) is 19.5. The molecule has 0 amide bonds. The molecule has 0 bridgehead atoms. The zero-order valence-corrected chi connectivity index (χ0v) is 19.5. The maximum Gasteiger partial charge on any atom is 0.337 e. The number of carbonyl (C=O) groups excluding carboxylic acids is 1. The number of carbonyl (C=O) groups is 1. The molecule has 3 aromatic rings. The van der Waals surface area contributed by atoms with Gasteiger partial charge < -0.3 is 19.7 Å². The van der Waals surface area contributed by atoms with E-state index in [0.29, 0.717) is 36.5 Å². The van der Waals surface area contributed by atoms with E-state index in [1.54, 1.807) is 12.1 Å². The minimum absolute atomic E-state index is 0.207. The molecule has 1 aliphatic carbocycles. The lowest BCUT2D eigenvalue weighted by Crippen LogP contribution is -2.37. The van der Waals surface area contributed by atoms with E-state index in [1.807, 2.05) is 18.2 Å². The average molecular weight is 471 g/mol. The van der Waals surface area contributed by atoms with E-state index in [4.69, 9.17) is 19.4 Å². The van der Waals surface area contributed by atoms with Crippen molar-refractivity contribution in [3.8, 4) is 11.3 Å². The monoisotopic (exact) mass is 470 g/mol. The third kappa shape index (κ3) is 4.46. The number of fused-ring (bicyclic) bond motifs is 1. The molecule has 9 heteroatoms. The number of aromatic nitrogens is 2. The SMILES string of the molecule is COC(=O)c1ccc(Nc2cc(-c3ccc4c(c3)N=NC4C3CC3)nc(N3CCOCC3)n2)cc1. The first-order valence-corrected chi connectivity index (χ1v) is 11.9. The minimum Gasteiger partial charge on any atom is -0.465 e. The Morgan fingerprint density at radius 2 is 1.86 bits per heavy atom. The van der Waals surface area contributed by atoms with Crippen LogP contribution in [-0.2, 0) is 9.47 Å². The number of hydrogen-bond acceptors (Lipinski definition) is 9. The van der Waals surface area contributed by atoms with Gasteiger partial charge in [0.05, 0.1) is 37.3 Å². The molecule has 178 valence electrons. The molecular weight excluding hydrogens is 444 g/mol. The Hall–Kier alpha value is -3.85. The van der Waals surface area contributed by atoms with Gasteiger partial charge in [-0.05, 0) is 49.1 Å². The third-order valence-corrected chi connectivity index (χ3v) is 6.59. The molecule has 9 nitrogen and oxygen atoms in total. The van der Waals surface area contributed by atoms with Crippen molar-refractivity contribution >= 4 is 29.1 Å². The number of ether oxygens (including phenoxy) is 2. The Labute approximate surface area is 203 Å². The Morgan fingerprint density at radius 1 is 1.06 bits per heavy atom. The smallest absolute Gasteiger partial charge is 0.337 e. The van der Waals surface area contributed by atoms with Crippen LogP contribution in [0.15, 0.2) is 58.8 Å². The van der Waals surface area contributed by atoms with E-state index >= 15 is 0 Å². The van der Waals surface area contributed by atoms with E-state index in [0.717, 1.165) is 35.7 Å². The van der Waals surface area contributed by atoms with Gasteiger partial charge in [0.15, 0.2) is 0 Å². The number of rotatable bonds is 6. The van der Waals surface area contributed by atoms with Crippen LogP contribution in [0.4, 0.5) is 23.1 Å². The Kier molecular flexibility index (Phi) is 5.61. The molecule has 3 heterocycles. The van der Waals surface area contributed by atoms with Crippen molar-refractivity contribution in [1.82, 2.24) is 9.97 Å². The fourth-order valence-electron chi connectivity index (χ4n) is 4.49. The first-order valence-electron chi connectivity index (χ1n) is 11.9. The maximum absolute atomic E-state index is 11.8. The molecule has 1 unspecified atom stereocenters. The first-order chi connectivity index (χ1) is 17.2. The zero-order chi connectivity index (χ0) is 23.8. The third-order valence-electron chi connectivity index (χ3n) is 6.59. The summed E-state index contributed by atoms with van der Waals surface area (Å²) in [5.41, 5.74) is 5.22. The van der Waals surface area contributed by atoms with Crippen LogP contribution < -0.4 is 10.2 Å². The van der Waals surface area contributed by atoms with Crippen LogP contribution >= 0.6 is 0 Å². The van der Waals surface area contributed by atoms with E-state index in [1.165, 1.54) is 25.5 Å². The van der Waals surface area contributed by atoms with E-state index in [-0.39, 0.29) is 12.0 Å². The molecule has 6 rings (SSSR count). The number of esters is 1. The number of nitrogens with zero attached hydrogens (tertiary/aromatic N) is 5. The highest BCUT2D eigenvalue weighted by molar-refractivity contribution is 5.89. The average Bonchev–Trinajstić information content (AvgIpc) is 3.67. The molecule has 35 heavy (non-hydrogen) atoms. The Morgan fingerprint density at radius 3 is 2.60 bits per heavy atom. The summed E-state index contributed by atoms with van der Waals surface area (Å²) in [6, 6.07) is 15.6. The van der Waals surface area contributed by atoms with E-state index < -0.39 is 0 Å². The topological polar surface area (TPSA) is 101 Å². The molecule has 0 radical (unpaired) electrons. The quantitative estimate of drug-likeness (QED) is 0.503. The largest absolute Gasteiger partial charge is 0.465 e. The van der Waals surface area contributed by atoms with Gasteiger partial charge in [-0.1, -0.05) is 12.1 Å². The lowest BCUT2D eigenvalue weighted by atomic mass is 9.99. The molecule has 1 saturated carbocycles. The highest BCUT2D eigenvalue weighted by Gasteiger charge is 2.36. The highest BCUT2D eigenvalue weighted by atomic mass is 16.5. The van der Waals surface area contributed by atoms with Crippen LogP contribution in [0.1, 0.15) is 34.8 Å². The number of hydrogen-bond donors (Lipinski definition) is 1. The van der Waals surface area contributed by atoms with Crippen LogP contribution in [0, 0.1) is 5.92 Å². The van der Waals surface area contributed by atoms with Gasteiger partial charge in [0.25, 0.3) is 0 Å². The van der Waals surface area contributed by atoms with E-state index in [9.17, 15) is 4.79 Å². The van der Waals surface area contributed by atoms with Crippen molar-refractivity contribution in [2.75, 3.05) is 43.6 Å². The summed E-state index contributed by atoms with van der Waals surface area (Å²) in [5.74, 6) is 1.59. The molecule has 1 saturated heterocycles. The lowest BCUT2D eigenvalue weighted by molar-refractivity contribution is 0.0600. The van der Waals surface area contributed by atoms with Gasteiger partial charge in [-0.2, -0.15) is 15.2 Å². The van der Waals surface area contributed by atoms with Crippen LogP contribution in [-0.4, -0.2) is 49.4 Å². The van der Waals surface area contributed by atoms with Crippen LogP contribution in [0.3, 0.4) is 0 Å². The number of anilines is 3. The summed E-state index contributed by atoms with van der Waals surface area (Å²) in [4.78, 5) is 23.6. The number of azo groups is 1. The minimum atomic E-state index is -0.367.